The normalized spacial score (nSPS) is 19.1. The fraction of sp³-hybridized carbons (Fsp3) is 0.381. The molecule has 0 aromatic heterocycles. The van der Waals surface area contributed by atoms with Gasteiger partial charge in [-0.25, -0.2) is 0 Å². The molecule has 1 saturated heterocycles. The highest BCUT2D eigenvalue weighted by atomic mass is 16.5. The first kappa shape index (κ1) is 19.2. The number of para-hydroxylation sites is 1. The van der Waals surface area contributed by atoms with Crippen molar-refractivity contribution in [2.45, 2.75) is 18.4 Å². The summed E-state index contributed by atoms with van der Waals surface area (Å²) < 4.78 is 11.2. The Morgan fingerprint density at radius 3 is 2.70 bits per heavy atom. The van der Waals surface area contributed by atoms with Crippen LogP contribution in [0.1, 0.15) is 28.8 Å². The molecule has 6 heteroatoms. The maximum absolute atomic E-state index is 13.1. The Morgan fingerprint density at radius 2 is 2.00 bits per heavy atom. The number of nitrogens with two attached hydrogens (primary N) is 1. The number of hydrogen-bond acceptors (Lipinski definition) is 5. The van der Waals surface area contributed by atoms with Crippen LogP contribution in [-0.2, 0) is 5.60 Å². The predicted octanol–water partition coefficient (Wildman–Crippen LogP) is 2.16. The van der Waals surface area contributed by atoms with E-state index >= 15 is 0 Å². The number of rotatable bonds is 7. The number of nitrogens with zero attached hydrogens (tertiary/aromatic N) is 1. The van der Waals surface area contributed by atoms with Crippen molar-refractivity contribution in [1.82, 2.24) is 4.90 Å². The number of carbonyl (C=O) groups excluding carboxylic acids is 1. The summed E-state index contributed by atoms with van der Waals surface area (Å²) in [7, 11) is 1.55. The highest BCUT2D eigenvalue weighted by Gasteiger charge is 2.40. The summed E-state index contributed by atoms with van der Waals surface area (Å²) in [6.07, 6.45) is 1.18. The van der Waals surface area contributed by atoms with Crippen LogP contribution in [-0.4, -0.2) is 49.3 Å². The van der Waals surface area contributed by atoms with Crippen LogP contribution in [0.2, 0.25) is 0 Å². The number of amides is 1. The summed E-state index contributed by atoms with van der Waals surface area (Å²) >= 11 is 0. The van der Waals surface area contributed by atoms with Crippen LogP contribution >= 0.6 is 0 Å². The van der Waals surface area contributed by atoms with E-state index in [0.717, 1.165) is 5.56 Å². The number of β-amino-alcohol motifs (C(OH)–C–C–N with tert-alkyl or cyclic N) is 1. The van der Waals surface area contributed by atoms with E-state index in [-0.39, 0.29) is 12.5 Å². The maximum atomic E-state index is 13.1. The maximum Gasteiger partial charge on any atom is 0.257 e. The van der Waals surface area contributed by atoms with Gasteiger partial charge in [-0.2, -0.15) is 0 Å². The van der Waals surface area contributed by atoms with E-state index in [1.807, 2.05) is 30.3 Å². The van der Waals surface area contributed by atoms with E-state index in [1.165, 1.54) is 0 Å². The molecule has 3 N–H and O–H groups in total. The Balaban J connectivity index is 1.82. The summed E-state index contributed by atoms with van der Waals surface area (Å²) in [6, 6.07) is 14.7. The number of benzene rings is 2. The number of likely N-dealkylation sites (tertiary alicyclic amines) is 1. The average Bonchev–Trinajstić information content (AvgIpc) is 3.12. The third kappa shape index (κ3) is 4.07. The Bertz CT molecular complexity index is 781. The molecule has 1 amide bonds. The summed E-state index contributed by atoms with van der Waals surface area (Å²) in [5.41, 5.74) is 5.76. The smallest absolute Gasteiger partial charge is 0.257 e. The van der Waals surface area contributed by atoms with E-state index in [9.17, 15) is 9.90 Å². The first-order chi connectivity index (χ1) is 13.1. The minimum absolute atomic E-state index is 0.177. The summed E-state index contributed by atoms with van der Waals surface area (Å²) in [5.74, 6) is 0.757. The second-order valence-electron chi connectivity index (χ2n) is 6.70. The van der Waals surface area contributed by atoms with Crippen molar-refractivity contribution in [2.24, 2.45) is 5.73 Å². The van der Waals surface area contributed by atoms with Gasteiger partial charge < -0.3 is 25.2 Å². The SMILES string of the molecule is COc1cccc(C(=O)N2CC[C@](O)(c3ccccc3)C2)c1OCCCN. The molecular formula is C21H26N2O4. The van der Waals surface area contributed by atoms with Crippen LogP contribution in [0.15, 0.2) is 48.5 Å². The van der Waals surface area contributed by atoms with Crippen molar-refractivity contribution in [1.29, 1.82) is 0 Å². The van der Waals surface area contributed by atoms with Gasteiger partial charge >= 0.3 is 0 Å². The number of ether oxygens (including phenoxy) is 2. The van der Waals surface area contributed by atoms with Gasteiger partial charge in [0.05, 0.1) is 25.8 Å². The monoisotopic (exact) mass is 370 g/mol. The zero-order valence-electron chi connectivity index (χ0n) is 15.6. The minimum Gasteiger partial charge on any atom is -0.493 e. The molecule has 0 bridgehead atoms. The second kappa shape index (κ2) is 8.41. The van der Waals surface area contributed by atoms with Gasteiger partial charge in [0.25, 0.3) is 5.91 Å². The molecule has 2 aromatic rings. The Morgan fingerprint density at radius 1 is 1.22 bits per heavy atom. The Labute approximate surface area is 159 Å². The fourth-order valence-electron chi connectivity index (χ4n) is 3.37. The molecule has 0 spiro atoms. The van der Waals surface area contributed by atoms with Gasteiger partial charge in [-0.15, -0.1) is 0 Å². The van der Waals surface area contributed by atoms with E-state index in [1.54, 1.807) is 30.2 Å². The van der Waals surface area contributed by atoms with Crippen LogP contribution in [0.3, 0.4) is 0 Å². The first-order valence-corrected chi connectivity index (χ1v) is 9.16. The molecule has 0 radical (unpaired) electrons. The van der Waals surface area contributed by atoms with Gasteiger partial charge in [0, 0.05) is 6.54 Å². The molecule has 144 valence electrons. The van der Waals surface area contributed by atoms with Crippen LogP contribution in [0.4, 0.5) is 0 Å². The topological polar surface area (TPSA) is 85.0 Å². The predicted molar refractivity (Wildman–Crippen MR) is 103 cm³/mol. The van der Waals surface area contributed by atoms with E-state index in [0.29, 0.717) is 49.6 Å². The molecule has 1 aliphatic heterocycles. The molecule has 1 aliphatic rings. The number of hydrogen-bond donors (Lipinski definition) is 2. The lowest BCUT2D eigenvalue weighted by molar-refractivity contribution is 0.0416. The lowest BCUT2D eigenvalue weighted by Crippen LogP contribution is -2.34. The lowest BCUT2D eigenvalue weighted by atomic mass is 9.93. The van der Waals surface area contributed by atoms with Gasteiger partial charge in [0.15, 0.2) is 11.5 Å². The summed E-state index contributed by atoms with van der Waals surface area (Å²) in [4.78, 5) is 14.8. The Hall–Kier alpha value is -2.57. The lowest BCUT2D eigenvalue weighted by Gasteiger charge is -2.24. The third-order valence-electron chi connectivity index (χ3n) is 4.87. The van der Waals surface area contributed by atoms with Gasteiger partial charge in [-0.3, -0.25) is 4.79 Å². The van der Waals surface area contributed by atoms with Crippen molar-refractivity contribution < 1.29 is 19.4 Å². The molecule has 1 fully saturated rings. The van der Waals surface area contributed by atoms with Gasteiger partial charge in [0.1, 0.15) is 5.60 Å². The van der Waals surface area contributed by atoms with Gasteiger partial charge in [-0.1, -0.05) is 36.4 Å². The number of aliphatic hydroxyl groups is 1. The zero-order valence-corrected chi connectivity index (χ0v) is 15.6. The minimum atomic E-state index is -1.03. The van der Waals surface area contributed by atoms with E-state index in [2.05, 4.69) is 0 Å². The molecule has 0 aliphatic carbocycles. The van der Waals surface area contributed by atoms with Crippen molar-refractivity contribution in [3.05, 3.63) is 59.7 Å². The standard InChI is InChI=1S/C21H26N2O4/c1-26-18-10-5-9-17(19(18)27-14-6-12-22)20(24)23-13-11-21(25,15-23)16-7-3-2-4-8-16/h2-5,7-10,25H,6,11-15,22H2,1H3/t21-/m1/s1. The van der Waals surface area contributed by atoms with Crippen molar-refractivity contribution in [2.75, 3.05) is 33.4 Å². The third-order valence-corrected chi connectivity index (χ3v) is 4.87. The largest absolute Gasteiger partial charge is 0.493 e. The molecule has 0 saturated carbocycles. The van der Waals surface area contributed by atoms with Crippen molar-refractivity contribution >= 4 is 5.91 Å². The van der Waals surface area contributed by atoms with Gasteiger partial charge in [0.2, 0.25) is 0 Å². The number of methoxy groups -OCH3 is 1. The van der Waals surface area contributed by atoms with Crippen LogP contribution in [0, 0.1) is 0 Å². The molecule has 1 atom stereocenters. The number of carbonyl (C=O) groups is 1. The molecule has 1 heterocycles. The zero-order chi connectivity index (χ0) is 19.3. The highest BCUT2D eigenvalue weighted by molar-refractivity contribution is 5.98. The van der Waals surface area contributed by atoms with Crippen molar-refractivity contribution in [3.63, 3.8) is 0 Å². The van der Waals surface area contributed by atoms with Crippen LogP contribution in [0.25, 0.3) is 0 Å². The van der Waals surface area contributed by atoms with Crippen LogP contribution < -0.4 is 15.2 Å². The summed E-state index contributed by atoms with van der Waals surface area (Å²) in [6.45, 7) is 1.64. The first-order valence-electron chi connectivity index (χ1n) is 9.16. The fourth-order valence-corrected chi connectivity index (χ4v) is 3.37. The second-order valence-corrected chi connectivity index (χ2v) is 6.70. The van der Waals surface area contributed by atoms with E-state index in [4.69, 9.17) is 15.2 Å². The molecular weight excluding hydrogens is 344 g/mol. The average molecular weight is 370 g/mol. The quantitative estimate of drug-likeness (QED) is 0.730. The molecule has 2 aromatic carbocycles. The van der Waals surface area contributed by atoms with E-state index < -0.39 is 5.60 Å². The van der Waals surface area contributed by atoms with Crippen LogP contribution in [0.5, 0.6) is 11.5 Å². The van der Waals surface area contributed by atoms with Crippen molar-refractivity contribution in [3.8, 4) is 11.5 Å². The summed E-state index contributed by atoms with van der Waals surface area (Å²) in [5, 5.41) is 11.0. The van der Waals surface area contributed by atoms with Gasteiger partial charge in [-0.05, 0) is 37.1 Å². The molecule has 6 nitrogen and oxygen atoms in total. The molecule has 0 unspecified atom stereocenters. The highest BCUT2D eigenvalue weighted by Crippen LogP contribution is 2.36. The molecule has 27 heavy (non-hydrogen) atoms. The Kier molecular flexibility index (Phi) is 5.98. The molecule has 3 rings (SSSR count).